The summed E-state index contributed by atoms with van der Waals surface area (Å²) in [5.41, 5.74) is 8.36. The van der Waals surface area contributed by atoms with E-state index in [1.54, 1.807) is 0 Å². The number of ether oxygens (including phenoxy) is 3. The van der Waals surface area contributed by atoms with Gasteiger partial charge in [-0.15, -0.1) is 0 Å². The van der Waals surface area contributed by atoms with Crippen molar-refractivity contribution in [3.05, 3.63) is 39.8 Å². The molecule has 1 aromatic carbocycles. The first kappa shape index (κ1) is 20.3. The van der Waals surface area contributed by atoms with Gasteiger partial charge in [0, 0.05) is 30.0 Å². The van der Waals surface area contributed by atoms with Crippen molar-refractivity contribution < 1.29 is 14.2 Å². The number of piperidine rings is 1. The largest absolute Gasteiger partial charge is 0.454 e. The summed E-state index contributed by atoms with van der Waals surface area (Å²) in [6.07, 6.45) is 3.76. The number of H-pyrrole nitrogens is 2. The minimum Gasteiger partial charge on any atom is -0.454 e. The minimum atomic E-state index is -0.303. The molecule has 0 amide bonds. The van der Waals surface area contributed by atoms with Gasteiger partial charge in [0.05, 0.1) is 18.4 Å². The summed E-state index contributed by atoms with van der Waals surface area (Å²) < 4.78 is 16.9. The molecular formula is C24H28N6O4. The van der Waals surface area contributed by atoms with Crippen molar-refractivity contribution >= 4 is 17.0 Å². The van der Waals surface area contributed by atoms with E-state index in [2.05, 4.69) is 20.1 Å². The molecular weight excluding hydrogens is 436 g/mol. The molecule has 2 atom stereocenters. The predicted molar refractivity (Wildman–Crippen MR) is 124 cm³/mol. The second-order valence-electron chi connectivity index (χ2n) is 10.2. The zero-order valence-corrected chi connectivity index (χ0v) is 19.1. The highest BCUT2D eigenvalue weighted by atomic mass is 16.7. The van der Waals surface area contributed by atoms with Gasteiger partial charge < -0.3 is 24.8 Å². The lowest BCUT2D eigenvalue weighted by molar-refractivity contribution is 0.0973. The molecule has 0 radical (unpaired) electrons. The number of anilines is 1. The summed E-state index contributed by atoms with van der Waals surface area (Å²) >= 11 is 0. The number of aromatic nitrogens is 4. The van der Waals surface area contributed by atoms with Crippen LogP contribution in [0.4, 0.5) is 5.95 Å². The molecule has 4 aliphatic rings. The summed E-state index contributed by atoms with van der Waals surface area (Å²) in [6, 6.07) is 6.02. The number of hydrogen-bond acceptors (Lipinski definition) is 8. The maximum Gasteiger partial charge on any atom is 0.263 e. The highest BCUT2D eigenvalue weighted by Gasteiger charge is 2.50. The Labute approximate surface area is 195 Å². The Bertz CT molecular complexity index is 1340. The van der Waals surface area contributed by atoms with Crippen molar-refractivity contribution in [3.8, 4) is 11.5 Å². The highest BCUT2D eigenvalue weighted by molar-refractivity contribution is 5.80. The summed E-state index contributed by atoms with van der Waals surface area (Å²) in [7, 11) is 0. The molecule has 4 N–H and O–H groups in total. The van der Waals surface area contributed by atoms with E-state index in [1.165, 1.54) is 0 Å². The van der Waals surface area contributed by atoms with Crippen molar-refractivity contribution in [3.63, 3.8) is 0 Å². The zero-order chi connectivity index (χ0) is 23.1. The average molecular weight is 465 g/mol. The molecule has 2 saturated heterocycles. The topological polar surface area (TPSA) is 131 Å². The summed E-state index contributed by atoms with van der Waals surface area (Å²) in [5, 5.41) is 8.16. The van der Waals surface area contributed by atoms with Crippen molar-refractivity contribution in [1.82, 2.24) is 20.2 Å². The SMILES string of the molecule is C[C@@H]1OCC2(CCN(c3nc4[nH]nc(C5(c6ccc7c(c6)OCO7)CC5)c4c(=O)[nH]3)CC2)[C@@H]1N. The van der Waals surface area contributed by atoms with Crippen LogP contribution in [0.3, 0.4) is 0 Å². The van der Waals surface area contributed by atoms with Crippen LogP contribution in [0.15, 0.2) is 23.0 Å². The number of nitrogens with zero attached hydrogens (tertiary/aromatic N) is 3. The monoisotopic (exact) mass is 464 g/mol. The second kappa shape index (κ2) is 6.96. The Morgan fingerprint density at radius 2 is 1.94 bits per heavy atom. The number of hydrogen-bond donors (Lipinski definition) is 3. The molecule has 1 aliphatic carbocycles. The molecule has 1 spiro atoms. The molecule has 10 heteroatoms. The maximum atomic E-state index is 13.3. The lowest BCUT2D eigenvalue weighted by atomic mass is 9.73. The fourth-order valence-electron chi connectivity index (χ4n) is 6.04. The number of benzene rings is 1. The maximum absolute atomic E-state index is 13.3. The van der Waals surface area contributed by atoms with Crippen molar-refractivity contribution in [2.45, 2.75) is 50.2 Å². The molecule has 10 nitrogen and oxygen atoms in total. The molecule has 3 aliphatic heterocycles. The first-order chi connectivity index (χ1) is 16.5. The molecule has 178 valence electrons. The Hall–Kier alpha value is -3.11. The van der Waals surface area contributed by atoms with Gasteiger partial charge >= 0.3 is 0 Å². The van der Waals surface area contributed by atoms with Crippen LogP contribution in [-0.4, -0.2) is 58.8 Å². The predicted octanol–water partition coefficient (Wildman–Crippen LogP) is 1.79. The number of rotatable bonds is 3. The third-order valence-corrected chi connectivity index (χ3v) is 8.45. The fraction of sp³-hybridized carbons (Fsp3) is 0.542. The van der Waals surface area contributed by atoms with Gasteiger partial charge in [0.1, 0.15) is 5.39 Å². The molecule has 2 aromatic heterocycles. The molecule has 5 heterocycles. The van der Waals surface area contributed by atoms with Gasteiger partial charge in [-0.3, -0.25) is 14.9 Å². The first-order valence-corrected chi connectivity index (χ1v) is 12.0. The Kier molecular flexibility index (Phi) is 4.15. The molecule has 1 saturated carbocycles. The van der Waals surface area contributed by atoms with Gasteiger partial charge in [-0.05, 0) is 50.3 Å². The van der Waals surface area contributed by atoms with Gasteiger partial charge in [0.15, 0.2) is 17.1 Å². The van der Waals surface area contributed by atoms with Crippen molar-refractivity contribution in [1.29, 1.82) is 0 Å². The average Bonchev–Trinajstić information content (AvgIpc) is 3.19. The summed E-state index contributed by atoms with van der Waals surface area (Å²) in [6.45, 7) is 4.54. The van der Waals surface area contributed by atoms with E-state index in [1.807, 2.05) is 25.1 Å². The van der Waals surface area contributed by atoms with Crippen LogP contribution < -0.4 is 25.7 Å². The highest BCUT2D eigenvalue weighted by Crippen LogP contribution is 2.55. The summed E-state index contributed by atoms with van der Waals surface area (Å²) in [4.78, 5) is 23.2. The van der Waals surface area contributed by atoms with E-state index in [0.717, 1.165) is 61.5 Å². The van der Waals surface area contributed by atoms with Crippen LogP contribution in [0.2, 0.25) is 0 Å². The van der Waals surface area contributed by atoms with E-state index < -0.39 is 0 Å². The molecule has 3 aromatic rings. The molecule has 3 fully saturated rings. The number of nitrogens with one attached hydrogen (secondary N) is 2. The van der Waals surface area contributed by atoms with E-state index in [9.17, 15) is 4.79 Å². The normalized spacial score (nSPS) is 26.5. The number of aromatic amines is 2. The van der Waals surface area contributed by atoms with Gasteiger partial charge in [0.25, 0.3) is 5.56 Å². The van der Waals surface area contributed by atoms with Gasteiger partial charge in [-0.1, -0.05) is 6.07 Å². The van der Waals surface area contributed by atoms with Crippen molar-refractivity contribution in [2.75, 3.05) is 31.4 Å². The van der Waals surface area contributed by atoms with E-state index in [0.29, 0.717) is 23.6 Å². The Morgan fingerprint density at radius 1 is 1.15 bits per heavy atom. The van der Waals surface area contributed by atoms with Crippen LogP contribution in [0, 0.1) is 5.41 Å². The van der Waals surface area contributed by atoms with Gasteiger partial charge in [-0.2, -0.15) is 10.1 Å². The first-order valence-electron chi connectivity index (χ1n) is 12.0. The molecule has 7 rings (SSSR count). The number of fused-ring (bicyclic) bond motifs is 2. The standard InChI is InChI=1S/C24H28N6O4/c1-13-18(25)23(11-32-13)6-8-30(9-7-23)22-26-20-17(21(31)27-22)19(28-29-20)24(4-5-24)14-2-3-15-16(10-14)34-12-33-15/h2-3,10,13,18H,4-9,11-12,25H2,1H3,(H2,26,27,28,29,31)/t13-,18+/m0/s1. The van der Waals surface area contributed by atoms with Gasteiger partial charge in [-0.25, -0.2) is 0 Å². The Balaban J connectivity index is 1.19. The summed E-state index contributed by atoms with van der Waals surface area (Å²) in [5.74, 6) is 2.07. The fourth-order valence-corrected chi connectivity index (χ4v) is 6.04. The Morgan fingerprint density at radius 3 is 2.68 bits per heavy atom. The second-order valence-corrected chi connectivity index (χ2v) is 10.2. The third kappa shape index (κ3) is 2.78. The van der Waals surface area contributed by atoms with Crippen LogP contribution >= 0.6 is 0 Å². The smallest absolute Gasteiger partial charge is 0.263 e. The lowest BCUT2D eigenvalue weighted by Crippen LogP contribution is -2.51. The molecule has 0 unspecified atom stereocenters. The van der Waals surface area contributed by atoms with Crippen LogP contribution in [0.5, 0.6) is 11.5 Å². The van der Waals surface area contributed by atoms with E-state index in [-0.39, 0.29) is 35.3 Å². The molecule has 34 heavy (non-hydrogen) atoms. The van der Waals surface area contributed by atoms with Crippen LogP contribution in [0.1, 0.15) is 43.9 Å². The van der Waals surface area contributed by atoms with Crippen molar-refractivity contribution in [2.24, 2.45) is 11.1 Å². The lowest BCUT2D eigenvalue weighted by Gasteiger charge is -2.41. The van der Waals surface area contributed by atoms with E-state index in [4.69, 9.17) is 24.9 Å². The third-order valence-electron chi connectivity index (χ3n) is 8.45. The minimum absolute atomic E-state index is 0.0183. The van der Waals surface area contributed by atoms with Crippen LogP contribution in [-0.2, 0) is 10.2 Å². The van der Waals surface area contributed by atoms with Gasteiger partial charge in [0.2, 0.25) is 12.7 Å². The van der Waals surface area contributed by atoms with E-state index >= 15 is 0 Å². The van der Waals surface area contributed by atoms with Crippen LogP contribution in [0.25, 0.3) is 11.0 Å². The molecule has 0 bridgehead atoms. The number of nitrogens with two attached hydrogens (primary N) is 1. The quantitative estimate of drug-likeness (QED) is 0.535. The zero-order valence-electron chi connectivity index (χ0n) is 19.1.